The van der Waals surface area contributed by atoms with Gasteiger partial charge in [0.2, 0.25) is 0 Å². The van der Waals surface area contributed by atoms with Crippen LogP contribution < -0.4 is 4.74 Å². The molecule has 0 N–H and O–H groups in total. The number of hydrogen-bond acceptors (Lipinski definition) is 5. The molecule has 0 atom stereocenters. The molecule has 2 aromatic rings. The first kappa shape index (κ1) is 13.4. The highest BCUT2D eigenvalue weighted by Crippen LogP contribution is 2.26. The molecule has 0 saturated heterocycles. The SMILES string of the molecule is CC(C)c1noc(COc2cccc(Cl)c2C#N)n1. The molecule has 0 saturated carbocycles. The maximum Gasteiger partial charge on any atom is 0.264 e. The first-order valence-corrected chi connectivity index (χ1v) is 6.13. The highest BCUT2D eigenvalue weighted by atomic mass is 35.5. The molecule has 6 heteroatoms. The average molecular weight is 278 g/mol. The van der Waals surface area contributed by atoms with E-state index in [9.17, 15) is 0 Å². The van der Waals surface area contributed by atoms with Crippen molar-refractivity contribution in [3.63, 3.8) is 0 Å². The molecule has 1 aromatic carbocycles. The van der Waals surface area contributed by atoms with E-state index in [0.717, 1.165) is 0 Å². The summed E-state index contributed by atoms with van der Waals surface area (Å²) in [6.07, 6.45) is 0. The van der Waals surface area contributed by atoms with Crippen LogP contribution in [0.3, 0.4) is 0 Å². The summed E-state index contributed by atoms with van der Waals surface area (Å²) in [5.74, 6) is 1.59. The number of rotatable bonds is 4. The molecule has 0 radical (unpaired) electrons. The fourth-order valence-electron chi connectivity index (χ4n) is 1.43. The largest absolute Gasteiger partial charge is 0.482 e. The number of benzene rings is 1. The minimum absolute atomic E-state index is 0.106. The van der Waals surface area contributed by atoms with E-state index >= 15 is 0 Å². The molecule has 1 heterocycles. The van der Waals surface area contributed by atoms with Crippen molar-refractivity contribution < 1.29 is 9.26 Å². The number of hydrogen-bond donors (Lipinski definition) is 0. The second kappa shape index (κ2) is 5.72. The van der Waals surface area contributed by atoms with Crippen LogP contribution in [-0.4, -0.2) is 10.1 Å². The van der Waals surface area contributed by atoms with Gasteiger partial charge in [-0.25, -0.2) is 0 Å². The number of aromatic nitrogens is 2. The maximum atomic E-state index is 9.01. The highest BCUT2D eigenvalue weighted by Gasteiger charge is 2.12. The number of halogens is 1. The summed E-state index contributed by atoms with van der Waals surface area (Å²) in [6, 6.07) is 7.02. The van der Waals surface area contributed by atoms with Crippen molar-refractivity contribution in [2.24, 2.45) is 0 Å². The third kappa shape index (κ3) is 3.04. The van der Waals surface area contributed by atoms with Crippen LogP contribution in [-0.2, 0) is 6.61 Å². The molecule has 5 nitrogen and oxygen atoms in total. The fourth-order valence-corrected chi connectivity index (χ4v) is 1.64. The summed E-state index contributed by atoms with van der Waals surface area (Å²) in [7, 11) is 0. The van der Waals surface area contributed by atoms with Crippen molar-refractivity contribution in [3.05, 3.63) is 40.5 Å². The van der Waals surface area contributed by atoms with Gasteiger partial charge in [-0.15, -0.1) is 0 Å². The Balaban J connectivity index is 2.10. The van der Waals surface area contributed by atoms with Gasteiger partial charge in [0.15, 0.2) is 12.4 Å². The predicted molar refractivity (Wildman–Crippen MR) is 68.9 cm³/mol. The van der Waals surface area contributed by atoms with Gasteiger partial charge in [0.1, 0.15) is 17.4 Å². The van der Waals surface area contributed by atoms with Gasteiger partial charge in [0.25, 0.3) is 5.89 Å². The van der Waals surface area contributed by atoms with Crippen LogP contribution in [0.4, 0.5) is 0 Å². The number of ether oxygens (including phenoxy) is 1. The Morgan fingerprint density at radius 1 is 1.47 bits per heavy atom. The van der Waals surface area contributed by atoms with Gasteiger partial charge in [0.05, 0.1) is 5.02 Å². The molecule has 0 aliphatic heterocycles. The second-order valence-corrected chi connectivity index (χ2v) is 4.62. The smallest absolute Gasteiger partial charge is 0.264 e. The van der Waals surface area contributed by atoms with E-state index in [-0.39, 0.29) is 12.5 Å². The molecule has 19 heavy (non-hydrogen) atoms. The molecule has 98 valence electrons. The van der Waals surface area contributed by atoms with E-state index < -0.39 is 0 Å². The summed E-state index contributed by atoms with van der Waals surface area (Å²) in [5, 5.41) is 13.2. The monoisotopic (exact) mass is 277 g/mol. The topological polar surface area (TPSA) is 71.9 Å². The molecule has 0 aliphatic rings. The quantitative estimate of drug-likeness (QED) is 0.857. The Hall–Kier alpha value is -2.06. The van der Waals surface area contributed by atoms with Gasteiger partial charge in [-0.2, -0.15) is 10.2 Å². The standard InChI is InChI=1S/C13H12ClN3O2/c1-8(2)13-16-12(19-17-13)7-18-11-5-3-4-10(14)9(11)6-15/h3-5,8H,7H2,1-2H3. The summed E-state index contributed by atoms with van der Waals surface area (Å²) >= 11 is 5.90. The molecular formula is C13H12ClN3O2. The molecule has 0 spiro atoms. The summed E-state index contributed by atoms with van der Waals surface area (Å²) in [5.41, 5.74) is 0.299. The van der Waals surface area contributed by atoms with E-state index in [2.05, 4.69) is 10.1 Å². The summed E-state index contributed by atoms with van der Waals surface area (Å²) < 4.78 is 10.5. The van der Waals surface area contributed by atoms with Crippen LogP contribution in [0.5, 0.6) is 5.75 Å². The lowest BCUT2D eigenvalue weighted by Crippen LogP contribution is -1.98. The first-order chi connectivity index (χ1) is 9.11. The van der Waals surface area contributed by atoms with E-state index in [0.29, 0.717) is 28.1 Å². The molecular weight excluding hydrogens is 266 g/mol. The van der Waals surface area contributed by atoms with E-state index in [1.165, 1.54) is 0 Å². The van der Waals surface area contributed by atoms with Crippen molar-refractivity contribution in [1.82, 2.24) is 10.1 Å². The van der Waals surface area contributed by atoms with Crippen molar-refractivity contribution in [2.45, 2.75) is 26.4 Å². The zero-order valence-corrected chi connectivity index (χ0v) is 11.3. The molecule has 0 fully saturated rings. The Kier molecular flexibility index (Phi) is 4.03. The Morgan fingerprint density at radius 3 is 2.89 bits per heavy atom. The van der Waals surface area contributed by atoms with Gasteiger partial charge in [-0.3, -0.25) is 0 Å². The van der Waals surface area contributed by atoms with E-state index in [1.807, 2.05) is 19.9 Å². The van der Waals surface area contributed by atoms with Crippen molar-refractivity contribution in [3.8, 4) is 11.8 Å². The molecule has 0 aliphatic carbocycles. The van der Waals surface area contributed by atoms with Crippen molar-refractivity contribution >= 4 is 11.6 Å². The lowest BCUT2D eigenvalue weighted by Gasteiger charge is -2.05. The predicted octanol–water partition coefficient (Wildman–Crippen LogP) is 3.30. The van der Waals surface area contributed by atoms with Crippen molar-refractivity contribution in [1.29, 1.82) is 5.26 Å². The van der Waals surface area contributed by atoms with Crippen LogP contribution >= 0.6 is 11.6 Å². The molecule has 0 unspecified atom stereocenters. The van der Waals surface area contributed by atoms with Crippen LogP contribution in [0.25, 0.3) is 0 Å². The fraction of sp³-hybridized carbons (Fsp3) is 0.308. The van der Waals surface area contributed by atoms with E-state index in [4.69, 9.17) is 26.1 Å². The van der Waals surface area contributed by atoms with Gasteiger partial charge >= 0.3 is 0 Å². The highest BCUT2D eigenvalue weighted by molar-refractivity contribution is 6.31. The third-order valence-corrected chi connectivity index (χ3v) is 2.75. The zero-order valence-electron chi connectivity index (χ0n) is 10.6. The molecule has 0 bridgehead atoms. The summed E-state index contributed by atoms with van der Waals surface area (Å²) in [6.45, 7) is 4.05. The minimum atomic E-state index is 0.106. The lowest BCUT2D eigenvalue weighted by molar-refractivity contribution is 0.242. The van der Waals surface area contributed by atoms with Gasteiger partial charge in [-0.1, -0.05) is 36.7 Å². The number of nitrogens with zero attached hydrogens (tertiary/aromatic N) is 3. The minimum Gasteiger partial charge on any atom is -0.482 e. The maximum absolute atomic E-state index is 9.01. The van der Waals surface area contributed by atoms with Gasteiger partial charge < -0.3 is 9.26 Å². The second-order valence-electron chi connectivity index (χ2n) is 4.21. The Bertz CT molecular complexity index is 617. The number of nitriles is 1. The Labute approximate surface area is 115 Å². The average Bonchev–Trinajstić information content (AvgIpc) is 2.85. The molecule has 2 rings (SSSR count). The first-order valence-electron chi connectivity index (χ1n) is 5.75. The van der Waals surface area contributed by atoms with Gasteiger partial charge in [-0.05, 0) is 12.1 Å². The normalized spacial score (nSPS) is 10.5. The summed E-state index contributed by atoms with van der Waals surface area (Å²) in [4.78, 5) is 4.18. The van der Waals surface area contributed by atoms with Crippen LogP contribution in [0.15, 0.2) is 22.7 Å². The lowest BCUT2D eigenvalue weighted by atomic mass is 10.2. The molecule has 1 aromatic heterocycles. The van der Waals surface area contributed by atoms with Crippen molar-refractivity contribution in [2.75, 3.05) is 0 Å². The zero-order chi connectivity index (χ0) is 13.8. The van der Waals surface area contributed by atoms with Crippen LogP contribution in [0.1, 0.15) is 37.0 Å². The molecule has 0 amide bonds. The third-order valence-electron chi connectivity index (χ3n) is 2.44. The van der Waals surface area contributed by atoms with Crippen LogP contribution in [0.2, 0.25) is 5.02 Å². The Morgan fingerprint density at radius 2 is 2.26 bits per heavy atom. The van der Waals surface area contributed by atoms with E-state index in [1.54, 1.807) is 18.2 Å². The van der Waals surface area contributed by atoms with Gasteiger partial charge in [0, 0.05) is 5.92 Å². The van der Waals surface area contributed by atoms with Crippen LogP contribution in [0, 0.1) is 11.3 Å².